The smallest absolute Gasteiger partial charge is 0.408 e. The van der Waals surface area contributed by atoms with Crippen LogP contribution in [0.1, 0.15) is 20.8 Å². The number of rotatable bonds is 3. The highest BCUT2D eigenvalue weighted by Gasteiger charge is 2.46. The number of carbonyl (C=O) groups excluding carboxylic acids is 1. The van der Waals surface area contributed by atoms with E-state index in [1.807, 2.05) is 0 Å². The number of halogens is 3. The minimum Gasteiger partial charge on any atom is -0.408 e. The van der Waals surface area contributed by atoms with Crippen molar-refractivity contribution in [2.75, 3.05) is 17.6 Å². The van der Waals surface area contributed by atoms with Gasteiger partial charge in [0.2, 0.25) is 0 Å². The van der Waals surface area contributed by atoms with Gasteiger partial charge in [0.25, 0.3) is 0 Å². The van der Waals surface area contributed by atoms with Gasteiger partial charge < -0.3 is 4.18 Å². The molecule has 0 spiro atoms. The summed E-state index contributed by atoms with van der Waals surface area (Å²) in [4.78, 5) is 10.9. The van der Waals surface area contributed by atoms with Crippen molar-refractivity contribution >= 4 is 28.0 Å². The molecule has 2 nitrogen and oxygen atoms in total. The molecular weight excluding hydrogens is 261 g/mol. The molecule has 0 N–H and O–H groups in total. The van der Waals surface area contributed by atoms with Crippen molar-refractivity contribution < 1.29 is 22.1 Å². The van der Waals surface area contributed by atoms with Gasteiger partial charge in [-0.1, -0.05) is 10.3 Å². The van der Waals surface area contributed by atoms with E-state index in [1.165, 1.54) is 11.8 Å². The molecule has 0 radical (unpaired) electrons. The van der Waals surface area contributed by atoms with E-state index in [4.69, 9.17) is 4.18 Å². The van der Waals surface area contributed by atoms with Crippen LogP contribution < -0.4 is 0 Å². The Morgan fingerprint density at radius 1 is 1.31 bits per heavy atom. The molecule has 0 fully saturated rings. The zero-order valence-corrected chi connectivity index (χ0v) is 11.6. The average molecular weight is 278 g/mol. The quantitative estimate of drug-likeness (QED) is 0.789. The minimum atomic E-state index is -4.92. The van der Waals surface area contributed by atoms with Crippen molar-refractivity contribution in [1.82, 2.24) is 0 Å². The Morgan fingerprint density at radius 3 is 2.00 bits per heavy atom. The summed E-state index contributed by atoms with van der Waals surface area (Å²) >= 11 is 1.38. The molecule has 0 aliphatic carbocycles. The Kier molecular flexibility index (Phi) is 5.07. The number of thioether (sulfide) groups is 1. The molecule has 98 valence electrons. The molecular formula is C9H17F3O2S2. The van der Waals surface area contributed by atoms with Gasteiger partial charge in [0.15, 0.2) is 0 Å². The number of hydrogen-bond acceptors (Lipinski definition) is 3. The third kappa shape index (κ3) is 4.08. The Hall–Kier alpha value is -0.0400. The largest absolute Gasteiger partial charge is 0.491 e. The van der Waals surface area contributed by atoms with Crippen LogP contribution in [0, 0.1) is 0 Å². The van der Waals surface area contributed by atoms with Crippen molar-refractivity contribution in [3.05, 3.63) is 0 Å². The predicted molar refractivity (Wildman–Crippen MR) is 63.8 cm³/mol. The van der Waals surface area contributed by atoms with Gasteiger partial charge in [-0.3, -0.25) is 0 Å². The molecule has 0 amide bonds. The van der Waals surface area contributed by atoms with Crippen molar-refractivity contribution in [2.45, 2.75) is 31.7 Å². The maximum absolute atomic E-state index is 12.1. The highest BCUT2D eigenvalue weighted by atomic mass is 32.3. The molecule has 0 saturated carbocycles. The lowest BCUT2D eigenvalue weighted by atomic mass is 10.3. The highest BCUT2D eigenvalue weighted by molar-refractivity contribution is 8.37. The fourth-order valence-corrected chi connectivity index (χ4v) is 4.85. The summed E-state index contributed by atoms with van der Waals surface area (Å²) in [6, 6.07) is 0. The predicted octanol–water partition coefficient (Wildman–Crippen LogP) is 3.56. The normalized spacial score (nSPS) is 18.8. The van der Waals surface area contributed by atoms with E-state index < -0.39 is 27.2 Å². The molecule has 0 aliphatic heterocycles. The van der Waals surface area contributed by atoms with Crippen LogP contribution >= 0.6 is 22.1 Å². The Bertz CT molecular complexity index is 260. The first-order valence-electron chi connectivity index (χ1n) is 4.49. The van der Waals surface area contributed by atoms with Crippen molar-refractivity contribution in [2.24, 2.45) is 0 Å². The van der Waals surface area contributed by atoms with Crippen molar-refractivity contribution in [3.63, 3.8) is 0 Å². The van der Waals surface area contributed by atoms with Gasteiger partial charge in [0.1, 0.15) is 0 Å². The molecule has 0 aromatic carbocycles. The monoisotopic (exact) mass is 278 g/mol. The maximum atomic E-state index is 12.1. The van der Waals surface area contributed by atoms with Crippen LogP contribution in [0.15, 0.2) is 0 Å². The maximum Gasteiger partial charge on any atom is 0.491 e. The third-order valence-electron chi connectivity index (χ3n) is 2.13. The van der Waals surface area contributed by atoms with Crippen LogP contribution in [0.5, 0.6) is 0 Å². The average Bonchev–Trinajstić information content (AvgIpc) is 2.00. The lowest BCUT2D eigenvalue weighted by Gasteiger charge is -2.45. The lowest BCUT2D eigenvalue weighted by Crippen LogP contribution is -2.34. The first kappa shape index (κ1) is 16.0. The van der Waals surface area contributed by atoms with E-state index in [0.717, 1.165) is 0 Å². The van der Waals surface area contributed by atoms with Gasteiger partial charge in [-0.25, -0.2) is 4.79 Å². The second-order valence-electron chi connectivity index (χ2n) is 4.39. The summed E-state index contributed by atoms with van der Waals surface area (Å²) < 4.78 is 40.7. The molecule has 1 unspecified atom stereocenters. The minimum absolute atomic E-state index is 0.401. The Morgan fingerprint density at radius 2 is 1.75 bits per heavy atom. The summed E-state index contributed by atoms with van der Waals surface area (Å²) in [5.41, 5.74) is 0. The molecule has 7 heteroatoms. The SMILES string of the molecule is CSCS(C)(OC(=O)C(F)(F)F)C(C)(C)C. The molecule has 0 saturated heterocycles. The zero-order chi connectivity index (χ0) is 13.2. The molecule has 0 heterocycles. The summed E-state index contributed by atoms with van der Waals surface area (Å²) in [6.45, 7) is 5.34. The molecule has 0 aromatic rings. The van der Waals surface area contributed by atoms with E-state index in [0.29, 0.717) is 5.08 Å². The standard InChI is InChI=1S/C9H17F3O2S2/c1-8(2,3)16(5,6-15-4)14-7(13)9(10,11)12/h6H2,1-5H3. The third-order valence-corrected chi connectivity index (χ3v) is 7.98. The topological polar surface area (TPSA) is 26.3 Å². The van der Waals surface area contributed by atoms with E-state index >= 15 is 0 Å². The van der Waals surface area contributed by atoms with E-state index in [-0.39, 0.29) is 0 Å². The van der Waals surface area contributed by atoms with E-state index in [1.54, 1.807) is 33.3 Å². The van der Waals surface area contributed by atoms with Gasteiger partial charge in [-0.15, -0.1) is 0 Å². The fourth-order valence-electron chi connectivity index (χ4n) is 0.765. The van der Waals surface area contributed by atoms with Gasteiger partial charge in [-0.2, -0.15) is 24.9 Å². The second kappa shape index (κ2) is 5.08. The molecule has 16 heavy (non-hydrogen) atoms. The van der Waals surface area contributed by atoms with Crippen LogP contribution in [0.3, 0.4) is 0 Å². The second-order valence-corrected chi connectivity index (χ2v) is 9.31. The van der Waals surface area contributed by atoms with E-state index in [9.17, 15) is 18.0 Å². The Balaban J connectivity index is 4.91. The van der Waals surface area contributed by atoms with Crippen LogP contribution in [0.4, 0.5) is 13.2 Å². The summed E-state index contributed by atoms with van der Waals surface area (Å²) in [5, 5.41) is 0.401. The molecule has 0 aromatic heterocycles. The zero-order valence-electron chi connectivity index (χ0n) is 9.97. The number of hydrogen-bond donors (Lipinski definition) is 0. The van der Waals surface area contributed by atoms with Gasteiger partial charge in [0, 0.05) is 4.75 Å². The van der Waals surface area contributed by atoms with Crippen molar-refractivity contribution in [3.8, 4) is 0 Å². The van der Waals surface area contributed by atoms with Gasteiger partial charge in [0.05, 0.1) is 5.08 Å². The fraction of sp³-hybridized carbons (Fsp3) is 0.889. The first-order chi connectivity index (χ1) is 6.94. The van der Waals surface area contributed by atoms with E-state index in [2.05, 4.69) is 0 Å². The molecule has 0 rings (SSSR count). The number of carbonyl (C=O) groups is 1. The van der Waals surface area contributed by atoms with Crippen LogP contribution in [0.25, 0.3) is 0 Å². The van der Waals surface area contributed by atoms with Crippen LogP contribution in [-0.4, -0.2) is 34.5 Å². The summed E-state index contributed by atoms with van der Waals surface area (Å²) in [7, 11) is -2.09. The van der Waals surface area contributed by atoms with Gasteiger partial charge >= 0.3 is 12.1 Å². The highest BCUT2D eigenvalue weighted by Crippen LogP contribution is 2.59. The molecule has 0 bridgehead atoms. The van der Waals surface area contributed by atoms with Crippen LogP contribution in [-0.2, 0) is 8.98 Å². The molecule has 1 atom stereocenters. The van der Waals surface area contributed by atoms with Crippen molar-refractivity contribution in [1.29, 1.82) is 0 Å². The lowest BCUT2D eigenvalue weighted by molar-refractivity contribution is -0.188. The molecule has 0 aliphatic rings. The summed E-state index contributed by atoms with van der Waals surface area (Å²) in [6.07, 6.45) is -1.54. The van der Waals surface area contributed by atoms with Gasteiger partial charge in [-0.05, 0) is 33.3 Å². The Labute approximate surface area is 99.8 Å². The number of alkyl halides is 3. The summed E-state index contributed by atoms with van der Waals surface area (Å²) in [5.74, 6) is -2.09. The first-order valence-corrected chi connectivity index (χ1v) is 8.02. The van der Waals surface area contributed by atoms with Crippen LogP contribution in [0.2, 0.25) is 0 Å².